The SMILES string of the molecule is Cc1ccc2c(c1)C(C)(C)c1cc(-c3nc(-c4ccc(-c5ccccc5)cc4)nc(-c4ccc(-c5ccccc5)cc4)n3)ccc1-2. The zero-order valence-electron chi connectivity index (χ0n) is 26.2. The highest BCUT2D eigenvalue weighted by atomic mass is 15.0. The third-order valence-corrected chi connectivity index (χ3v) is 9.23. The lowest BCUT2D eigenvalue weighted by Gasteiger charge is -2.22. The highest BCUT2D eigenvalue weighted by molar-refractivity contribution is 5.83. The number of benzene rings is 6. The largest absolute Gasteiger partial charge is 0.208 e. The molecule has 1 heterocycles. The second kappa shape index (κ2) is 11.0. The first-order valence-electron chi connectivity index (χ1n) is 15.8. The van der Waals surface area contributed by atoms with Gasteiger partial charge in [-0.25, -0.2) is 15.0 Å². The number of hydrogen-bond acceptors (Lipinski definition) is 3. The van der Waals surface area contributed by atoms with Crippen LogP contribution in [0, 0.1) is 6.92 Å². The maximum absolute atomic E-state index is 5.08. The minimum absolute atomic E-state index is 0.119. The van der Waals surface area contributed by atoms with E-state index in [1.807, 2.05) is 12.1 Å². The molecule has 0 unspecified atom stereocenters. The number of nitrogens with zero attached hydrogens (tertiary/aromatic N) is 3. The molecule has 0 atom stereocenters. The first-order valence-corrected chi connectivity index (χ1v) is 15.8. The van der Waals surface area contributed by atoms with Gasteiger partial charge in [0.15, 0.2) is 17.5 Å². The van der Waals surface area contributed by atoms with Gasteiger partial charge in [-0.2, -0.15) is 0 Å². The Hall–Kier alpha value is -5.67. The first kappa shape index (κ1) is 27.8. The van der Waals surface area contributed by atoms with Gasteiger partial charge in [-0.15, -0.1) is 0 Å². The number of aromatic nitrogens is 3. The minimum Gasteiger partial charge on any atom is -0.208 e. The predicted octanol–water partition coefficient (Wildman–Crippen LogP) is 10.8. The second-order valence-corrected chi connectivity index (χ2v) is 12.6. The van der Waals surface area contributed by atoms with Crippen molar-refractivity contribution in [2.24, 2.45) is 0 Å². The van der Waals surface area contributed by atoms with Crippen LogP contribution in [0.1, 0.15) is 30.5 Å². The average Bonchev–Trinajstić information content (AvgIpc) is 3.33. The molecule has 0 N–H and O–H groups in total. The van der Waals surface area contributed by atoms with Gasteiger partial charge in [-0.1, -0.05) is 159 Å². The molecular weight excluding hydrogens is 558 g/mol. The molecule has 3 heteroatoms. The van der Waals surface area contributed by atoms with E-state index >= 15 is 0 Å². The van der Waals surface area contributed by atoms with Crippen LogP contribution in [0.5, 0.6) is 0 Å². The van der Waals surface area contributed by atoms with Crippen LogP contribution in [-0.4, -0.2) is 15.0 Å². The molecule has 0 saturated heterocycles. The lowest BCUT2D eigenvalue weighted by atomic mass is 9.81. The Kier molecular flexibility index (Phi) is 6.69. The second-order valence-electron chi connectivity index (χ2n) is 12.6. The van der Waals surface area contributed by atoms with Gasteiger partial charge >= 0.3 is 0 Å². The fourth-order valence-electron chi connectivity index (χ4n) is 6.64. The van der Waals surface area contributed by atoms with Crippen molar-refractivity contribution in [2.75, 3.05) is 0 Å². The van der Waals surface area contributed by atoms with Crippen molar-refractivity contribution in [3.8, 4) is 67.5 Å². The monoisotopic (exact) mass is 591 g/mol. The number of aryl methyl sites for hydroxylation is 1. The van der Waals surface area contributed by atoms with Gasteiger partial charge < -0.3 is 0 Å². The van der Waals surface area contributed by atoms with E-state index in [0.717, 1.165) is 27.8 Å². The summed E-state index contributed by atoms with van der Waals surface area (Å²) in [7, 11) is 0. The van der Waals surface area contributed by atoms with Crippen LogP contribution in [0.4, 0.5) is 0 Å². The predicted molar refractivity (Wildman–Crippen MR) is 189 cm³/mol. The third kappa shape index (κ3) is 4.91. The van der Waals surface area contributed by atoms with Gasteiger partial charge in [0.25, 0.3) is 0 Å². The van der Waals surface area contributed by atoms with E-state index in [2.05, 4.69) is 154 Å². The normalized spacial score (nSPS) is 12.8. The van der Waals surface area contributed by atoms with Crippen molar-refractivity contribution in [1.82, 2.24) is 15.0 Å². The lowest BCUT2D eigenvalue weighted by Crippen LogP contribution is -2.15. The van der Waals surface area contributed by atoms with E-state index in [1.54, 1.807) is 0 Å². The molecule has 1 aliphatic rings. The van der Waals surface area contributed by atoms with Crippen molar-refractivity contribution < 1.29 is 0 Å². The van der Waals surface area contributed by atoms with Gasteiger partial charge in [-0.05, 0) is 57.5 Å². The zero-order valence-corrected chi connectivity index (χ0v) is 26.2. The topological polar surface area (TPSA) is 38.7 Å². The Morgan fingerprint density at radius 3 is 1.24 bits per heavy atom. The Morgan fingerprint density at radius 2 is 0.739 bits per heavy atom. The Morgan fingerprint density at radius 1 is 0.370 bits per heavy atom. The molecule has 0 saturated carbocycles. The van der Waals surface area contributed by atoms with Crippen molar-refractivity contribution in [3.05, 3.63) is 162 Å². The maximum atomic E-state index is 5.08. The van der Waals surface area contributed by atoms with Crippen LogP contribution in [0.25, 0.3) is 67.5 Å². The van der Waals surface area contributed by atoms with Gasteiger partial charge in [0.1, 0.15) is 0 Å². The Balaban J connectivity index is 1.24. The molecular formula is C43H33N3. The molecule has 46 heavy (non-hydrogen) atoms. The third-order valence-electron chi connectivity index (χ3n) is 9.23. The Bertz CT molecular complexity index is 2100. The standard InChI is InChI=1S/C43H33N3/c1-28-14-24-36-37-25-23-35(27-39(37)43(2,3)38(36)26-28)42-45-40(33-19-15-31(16-20-33)29-10-6-4-7-11-29)44-41(46-42)34-21-17-32(18-22-34)30-12-8-5-9-13-30/h4-27H,1-3H3. The number of hydrogen-bond donors (Lipinski definition) is 0. The molecule has 0 amide bonds. The molecule has 0 aliphatic heterocycles. The molecule has 1 aromatic heterocycles. The highest BCUT2D eigenvalue weighted by Crippen LogP contribution is 2.49. The van der Waals surface area contributed by atoms with Crippen molar-refractivity contribution >= 4 is 0 Å². The van der Waals surface area contributed by atoms with E-state index in [4.69, 9.17) is 15.0 Å². The summed E-state index contributed by atoms with van der Waals surface area (Å²) in [6.07, 6.45) is 0. The van der Waals surface area contributed by atoms with E-state index in [9.17, 15) is 0 Å². The number of rotatable bonds is 5. The summed E-state index contributed by atoms with van der Waals surface area (Å²) in [6.45, 7) is 6.79. The minimum atomic E-state index is -0.119. The average molecular weight is 592 g/mol. The van der Waals surface area contributed by atoms with E-state index in [1.165, 1.54) is 38.9 Å². The van der Waals surface area contributed by atoms with Crippen molar-refractivity contribution in [3.63, 3.8) is 0 Å². The van der Waals surface area contributed by atoms with Crippen molar-refractivity contribution in [1.29, 1.82) is 0 Å². The highest BCUT2D eigenvalue weighted by Gasteiger charge is 2.35. The van der Waals surface area contributed by atoms with Gasteiger partial charge in [0.05, 0.1) is 0 Å². The summed E-state index contributed by atoms with van der Waals surface area (Å²) >= 11 is 0. The number of fused-ring (bicyclic) bond motifs is 3. The summed E-state index contributed by atoms with van der Waals surface area (Å²) in [5.74, 6) is 1.99. The van der Waals surface area contributed by atoms with Crippen LogP contribution in [-0.2, 0) is 5.41 Å². The van der Waals surface area contributed by atoms with E-state index in [0.29, 0.717) is 17.5 Å². The van der Waals surface area contributed by atoms with E-state index in [-0.39, 0.29) is 5.41 Å². The van der Waals surface area contributed by atoms with Gasteiger partial charge in [-0.3, -0.25) is 0 Å². The van der Waals surface area contributed by atoms with Crippen molar-refractivity contribution in [2.45, 2.75) is 26.2 Å². The van der Waals surface area contributed by atoms with Crippen LogP contribution in [0.3, 0.4) is 0 Å². The first-order chi connectivity index (χ1) is 22.4. The summed E-state index contributed by atoms with van der Waals surface area (Å²) < 4.78 is 0. The summed E-state index contributed by atoms with van der Waals surface area (Å²) in [5, 5.41) is 0. The van der Waals surface area contributed by atoms with Crippen LogP contribution in [0.2, 0.25) is 0 Å². The molecule has 0 spiro atoms. The molecule has 6 aromatic carbocycles. The molecule has 220 valence electrons. The quantitative estimate of drug-likeness (QED) is 0.200. The zero-order chi connectivity index (χ0) is 31.3. The summed E-state index contributed by atoms with van der Waals surface area (Å²) in [5.41, 5.74) is 14.0. The van der Waals surface area contributed by atoms with Gasteiger partial charge in [0, 0.05) is 22.1 Å². The van der Waals surface area contributed by atoms with Crippen LogP contribution >= 0.6 is 0 Å². The molecule has 8 rings (SSSR count). The molecule has 1 aliphatic carbocycles. The molecule has 0 bridgehead atoms. The molecule has 0 radical (unpaired) electrons. The molecule has 7 aromatic rings. The van der Waals surface area contributed by atoms with E-state index < -0.39 is 0 Å². The smallest absolute Gasteiger partial charge is 0.164 e. The lowest BCUT2D eigenvalue weighted by molar-refractivity contribution is 0.660. The Labute approximate surface area is 270 Å². The van der Waals surface area contributed by atoms with Gasteiger partial charge in [0.2, 0.25) is 0 Å². The fourth-order valence-corrected chi connectivity index (χ4v) is 6.64. The molecule has 3 nitrogen and oxygen atoms in total. The summed E-state index contributed by atoms with van der Waals surface area (Å²) in [6, 6.07) is 51.3. The molecule has 0 fully saturated rings. The summed E-state index contributed by atoms with van der Waals surface area (Å²) in [4.78, 5) is 15.2. The van der Waals surface area contributed by atoms with Crippen LogP contribution in [0.15, 0.2) is 146 Å². The maximum Gasteiger partial charge on any atom is 0.164 e. The van der Waals surface area contributed by atoms with Crippen LogP contribution < -0.4 is 0 Å². The fraction of sp³-hybridized carbons (Fsp3) is 0.0930.